The molecule has 7 nitrogen and oxygen atoms in total. The fraction of sp³-hybridized carbons (Fsp3) is 0.650. The van der Waals surface area contributed by atoms with Gasteiger partial charge in [0, 0.05) is 50.4 Å². The van der Waals surface area contributed by atoms with E-state index in [4.69, 9.17) is 18.9 Å². The summed E-state index contributed by atoms with van der Waals surface area (Å²) >= 11 is 0. The molecule has 0 amide bonds. The van der Waals surface area contributed by atoms with Gasteiger partial charge in [-0.2, -0.15) is 0 Å². The summed E-state index contributed by atoms with van der Waals surface area (Å²) in [6.07, 6.45) is 2.91. The highest BCUT2D eigenvalue weighted by atomic mass is 127. The van der Waals surface area contributed by atoms with Gasteiger partial charge in [0.1, 0.15) is 0 Å². The number of fused-ring (bicyclic) bond motifs is 1. The first-order valence-corrected chi connectivity index (χ1v) is 9.95. The van der Waals surface area contributed by atoms with Crippen LogP contribution in [0.1, 0.15) is 26.2 Å². The SMILES string of the molecule is CCNC(=NCCCOCC1CCOC1)Nc1ccc2c(c1)OCCCO2.I. The second kappa shape index (κ2) is 13.1. The van der Waals surface area contributed by atoms with Crippen molar-refractivity contribution in [2.24, 2.45) is 10.9 Å². The predicted molar refractivity (Wildman–Crippen MR) is 121 cm³/mol. The van der Waals surface area contributed by atoms with E-state index in [2.05, 4.69) is 22.5 Å². The van der Waals surface area contributed by atoms with Gasteiger partial charge in [0.2, 0.25) is 0 Å². The van der Waals surface area contributed by atoms with Gasteiger partial charge in [0.15, 0.2) is 17.5 Å². The number of hydrogen-bond donors (Lipinski definition) is 2. The van der Waals surface area contributed by atoms with Crippen LogP contribution in [0.3, 0.4) is 0 Å². The van der Waals surface area contributed by atoms with Crippen molar-refractivity contribution in [2.45, 2.75) is 26.2 Å². The number of nitrogens with zero attached hydrogens (tertiary/aromatic N) is 1. The Balaban J connectivity index is 0.00000280. The minimum absolute atomic E-state index is 0. The summed E-state index contributed by atoms with van der Waals surface area (Å²) in [6.45, 7) is 8.16. The smallest absolute Gasteiger partial charge is 0.195 e. The third-order valence-electron chi connectivity index (χ3n) is 4.45. The Kier molecular flexibility index (Phi) is 10.7. The average Bonchev–Trinajstić information content (AvgIpc) is 3.08. The van der Waals surface area contributed by atoms with Gasteiger partial charge >= 0.3 is 0 Å². The lowest BCUT2D eigenvalue weighted by Gasteiger charge is -2.14. The summed E-state index contributed by atoms with van der Waals surface area (Å²) in [4.78, 5) is 4.63. The first-order valence-electron chi connectivity index (χ1n) is 9.95. The van der Waals surface area contributed by atoms with Crippen LogP contribution in [0.4, 0.5) is 5.69 Å². The zero-order valence-corrected chi connectivity index (χ0v) is 18.9. The van der Waals surface area contributed by atoms with Crippen LogP contribution in [0.15, 0.2) is 23.2 Å². The molecule has 1 atom stereocenters. The summed E-state index contributed by atoms with van der Waals surface area (Å²) in [5, 5.41) is 6.60. The Labute approximate surface area is 184 Å². The van der Waals surface area contributed by atoms with Crippen LogP contribution < -0.4 is 20.1 Å². The lowest BCUT2D eigenvalue weighted by molar-refractivity contribution is 0.0893. The molecule has 1 aromatic rings. The number of aliphatic imine (C=N–C) groups is 1. The molecule has 1 fully saturated rings. The normalized spacial score (nSPS) is 18.9. The summed E-state index contributed by atoms with van der Waals surface area (Å²) in [5.41, 5.74) is 0.927. The quantitative estimate of drug-likeness (QED) is 0.245. The molecule has 3 rings (SSSR count). The van der Waals surface area contributed by atoms with E-state index in [1.807, 2.05) is 18.2 Å². The number of benzene rings is 1. The number of ether oxygens (including phenoxy) is 4. The highest BCUT2D eigenvalue weighted by Gasteiger charge is 2.15. The largest absolute Gasteiger partial charge is 0.490 e. The molecule has 8 heteroatoms. The van der Waals surface area contributed by atoms with Crippen molar-refractivity contribution < 1.29 is 18.9 Å². The maximum Gasteiger partial charge on any atom is 0.195 e. The van der Waals surface area contributed by atoms with E-state index in [-0.39, 0.29) is 24.0 Å². The molecule has 158 valence electrons. The molecular formula is C20H32IN3O4. The van der Waals surface area contributed by atoms with E-state index in [1.165, 1.54) is 0 Å². The van der Waals surface area contributed by atoms with Crippen molar-refractivity contribution in [2.75, 3.05) is 58.0 Å². The number of anilines is 1. The van der Waals surface area contributed by atoms with Crippen LogP contribution in [0, 0.1) is 5.92 Å². The van der Waals surface area contributed by atoms with Crippen molar-refractivity contribution in [3.05, 3.63) is 18.2 Å². The van der Waals surface area contributed by atoms with Crippen LogP contribution >= 0.6 is 24.0 Å². The van der Waals surface area contributed by atoms with Crippen LogP contribution in [-0.4, -0.2) is 58.7 Å². The van der Waals surface area contributed by atoms with Crippen molar-refractivity contribution in [1.82, 2.24) is 5.32 Å². The Morgan fingerprint density at radius 1 is 1.21 bits per heavy atom. The van der Waals surface area contributed by atoms with Gasteiger partial charge in [0.25, 0.3) is 0 Å². The Morgan fingerprint density at radius 3 is 2.86 bits per heavy atom. The monoisotopic (exact) mass is 505 g/mol. The molecule has 0 bridgehead atoms. The van der Waals surface area contributed by atoms with Gasteiger partial charge < -0.3 is 29.6 Å². The third-order valence-corrected chi connectivity index (χ3v) is 4.45. The lowest BCUT2D eigenvalue weighted by atomic mass is 10.1. The van der Waals surface area contributed by atoms with Gasteiger partial charge in [-0.1, -0.05) is 0 Å². The van der Waals surface area contributed by atoms with Crippen LogP contribution in [0.5, 0.6) is 11.5 Å². The van der Waals surface area contributed by atoms with Crippen molar-refractivity contribution in [1.29, 1.82) is 0 Å². The molecule has 0 aromatic heterocycles. The molecule has 28 heavy (non-hydrogen) atoms. The van der Waals surface area contributed by atoms with Crippen LogP contribution in [-0.2, 0) is 9.47 Å². The molecule has 0 radical (unpaired) electrons. The molecule has 1 aromatic carbocycles. The molecule has 2 N–H and O–H groups in total. The highest BCUT2D eigenvalue weighted by molar-refractivity contribution is 14.0. The van der Waals surface area contributed by atoms with Gasteiger partial charge in [-0.15, -0.1) is 24.0 Å². The van der Waals surface area contributed by atoms with E-state index in [0.717, 1.165) is 75.4 Å². The van der Waals surface area contributed by atoms with E-state index >= 15 is 0 Å². The molecule has 2 aliphatic rings. The summed E-state index contributed by atoms with van der Waals surface area (Å²) in [6, 6.07) is 5.88. The number of halogens is 1. The van der Waals surface area contributed by atoms with Crippen molar-refractivity contribution in [3.63, 3.8) is 0 Å². The standard InChI is InChI=1S/C20H31N3O4.HI/c1-2-21-20(22-8-3-9-24-14-16-7-12-25-15-16)23-17-5-6-18-19(13-17)27-11-4-10-26-18;/h5-6,13,16H,2-4,7-12,14-15H2,1H3,(H2,21,22,23);1H. The molecule has 2 heterocycles. The number of guanidine groups is 1. The molecule has 0 spiro atoms. The van der Waals surface area contributed by atoms with E-state index < -0.39 is 0 Å². The summed E-state index contributed by atoms with van der Waals surface area (Å²) in [7, 11) is 0. The van der Waals surface area contributed by atoms with Gasteiger partial charge in [-0.3, -0.25) is 4.99 Å². The van der Waals surface area contributed by atoms with E-state index in [9.17, 15) is 0 Å². The molecule has 2 aliphatic heterocycles. The second-order valence-corrected chi connectivity index (χ2v) is 6.76. The Hall–Kier alpha value is -1.26. The number of hydrogen-bond acceptors (Lipinski definition) is 5. The van der Waals surface area contributed by atoms with Crippen LogP contribution in [0.2, 0.25) is 0 Å². The topological polar surface area (TPSA) is 73.3 Å². The predicted octanol–water partition coefficient (Wildman–Crippen LogP) is 3.29. The first kappa shape index (κ1) is 23.0. The molecular weight excluding hydrogens is 473 g/mol. The van der Waals surface area contributed by atoms with Gasteiger partial charge in [-0.05, 0) is 31.9 Å². The fourth-order valence-electron chi connectivity index (χ4n) is 3.01. The maximum absolute atomic E-state index is 5.75. The van der Waals surface area contributed by atoms with Crippen LogP contribution in [0.25, 0.3) is 0 Å². The van der Waals surface area contributed by atoms with Gasteiger partial charge in [-0.25, -0.2) is 0 Å². The molecule has 0 saturated carbocycles. The minimum Gasteiger partial charge on any atom is -0.490 e. The molecule has 1 unspecified atom stereocenters. The fourth-order valence-corrected chi connectivity index (χ4v) is 3.01. The zero-order valence-electron chi connectivity index (χ0n) is 16.6. The van der Waals surface area contributed by atoms with E-state index in [1.54, 1.807) is 0 Å². The van der Waals surface area contributed by atoms with Gasteiger partial charge in [0.05, 0.1) is 26.4 Å². The minimum atomic E-state index is 0. The summed E-state index contributed by atoms with van der Waals surface area (Å²) < 4.78 is 22.5. The Morgan fingerprint density at radius 2 is 2.07 bits per heavy atom. The summed E-state index contributed by atoms with van der Waals surface area (Å²) in [5.74, 6) is 2.89. The van der Waals surface area contributed by atoms with Crippen molar-refractivity contribution in [3.8, 4) is 11.5 Å². The number of nitrogens with one attached hydrogen (secondary N) is 2. The number of rotatable bonds is 8. The average molecular weight is 505 g/mol. The van der Waals surface area contributed by atoms with Crippen molar-refractivity contribution >= 4 is 35.6 Å². The maximum atomic E-state index is 5.75. The molecule has 0 aliphatic carbocycles. The second-order valence-electron chi connectivity index (χ2n) is 6.76. The lowest BCUT2D eigenvalue weighted by Crippen LogP contribution is -2.30. The highest BCUT2D eigenvalue weighted by Crippen LogP contribution is 2.32. The molecule has 1 saturated heterocycles. The van der Waals surface area contributed by atoms with E-state index in [0.29, 0.717) is 25.7 Å². The third kappa shape index (κ3) is 7.63. The Bertz CT molecular complexity index is 609. The first-order chi connectivity index (χ1) is 13.3. The zero-order chi connectivity index (χ0) is 18.7.